The van der Waals surface area contributed by atoms with Gasteiger partial charge in [-0.25, -0.2) is 9.78 Å². The smallest absolute Gasteiger partial charge is 0.365 e. The molecule has 0 bridgehead atoms. The molecule has 0 aliphatic carbocycles. The molecule has 18 heavy (non-hydrogen) atoms. The highest BCUT2D eigenvalue weighted by Crippen LogP contribution is 2.38. The van der Waals surface area contributed by atoms with Gasteiger partial charge in [0.05, 0.1) is 5.69 Å². The van der Waals surface area contributed by atoms with Gasteiger partial charge in [-0.1, -0.05) is 0 Å². The number of carboxylic acid groups (broad SMARTS) is 1. The van der Waals surface area contributed by atoms with Crippen LogP contribution in [-0.4, -0.2) is 22.9 Å². The van der Waals surface area contributed by atoms with Crippen molar-refractivity contribution in [3.05, 3.63) is 28.1 Å². The molecular weight excluding hydrogens is 254 g/mol. The molecule has 92 valence electrons. The highest BCUT2D eigenvalue weighted by atomic mass is 32.1. The second kappa shape index (κ2) is 3.99. The number of rotatable bonds is 2. The first kappa shape index (κ1) is 11.0. The maximum absolute atomic E-state index is 10.8. The summed E-state index contributed by atoms with van der Waals surface area (Å²) in [4.78, 5) is 14.9. The van der Waals surface area contributed by atoms with Crippen LogP contribution >= 0.6 is 11.3 Å². The molecule has 1 aliphatic heterocycles. The van der Waals surface area contributed by atoms with Crippen molar-refractivity contribution in [3.8, 4) is 22.8 Å². The van der Waals surface area contributed by atoms with E-state index < -0.39 is 5.97 Å². The van der Waals surface area contributed by atoms with Gasteiger partial charge in [0.1, 0.15) is 0 Å². The van der Waals surface area contributed by atoms with Gasteiger partial charge in [0.25, 0.3) is 0 Å². The van der Waals surface area contributed by atoms with E-state index in [4.69, 9.17) is 14.6 Å². The Morgan fingerprint density at radius 2 is 2.11 bits per heavy atom. The summed E-state index contributed by atoms with van der Waals surface area (Å²) >= 11 is 1.11. The van der Waals surface area contributed by atoms with Crippen LogP contribution in [0, 0.1) is 6.92 Å². The van der Waals surface area contributed by atoms with Crippen LogP contribution in [0.2, 0.25) is 0 Å². The Labute approximate surface area is 107 Å². The molecule has 1 aromatic heterocycles. The quantitative estimate of drug-likeness (QED) is 0.901. The predicted molar refractivity (Wildman–Crippen MR) is 65.4 cm³/mol. The number of aromatic carboxylic acids is 1. The Hall–Kier alpha value is -2.08. The minimum absolute atomic E-state index is 0.0852. The van der Waals surface area contributed by atoms with Gasteiger partial charge in [0, 0.05) is 10.9 Å². The zero-order chi connectivity index (χ0) is 12.7. The van der Waals surface area contributed by atoms with Crippen molar-refractivity contribution in [1.82, 2.24) is 4.98 Å². The summed E-state index contributed by atoms with van der Waals surface area (Å²) in [7, 11) is 0. The fraction of sp³-hybridized carbons (Fsp3) is 0.167. The van der Waals surface area contributed by atoms with Crippen LogP contribution in [0.1, 0.15) is 15.4 Å². The van der Waals surface area contributed by atoms with E-state index >= 15 is 0 Å². The van der Waals surface area contributed by atoms with E-state index in [2.05, 4.69) is 4.98 Å². The molecule has 5 nitrogen and oxygen atoms in total. The number of thiazole rings is 1. The summed E-state index contributed by atoms with van der Waals surface area (Å²) in [6, 6.07) is 3.70. The molecule has 0 fully saturated rings. The third kappa shape index (κ3) is 1.70. The Bertz CT molecular complexity index is 635. The highest BCUT2D eigenvalue weighted by molar-refractivity contribution is 7.11. The predicted octanol–water partition coefficient (Wildman–Crippen LogP) is 2.55. The number of fused-ring (bicyclic) bond motifs is 1. The van der Waals surface area contributed by atoms with Gasteiger partial charge in [-0.05, 0) is 24.6 Å². The molecule has 0 unspecified atom stereocenters. The first-order valence-corrected chi connectivity index (χ1v) is 6.12. The second-order valence-electron chi connectivity index (χ2n) is 3.86. The Balaban J connectivity index is 2.08. The number of benzene rings is 1. The average Bonchev–Trinajstić information content (AvgIpc) is 2.94. The molecule has 1 N–H and O–H groups in total. The van der Waals surface area contributed by atoms with E-state index in [-0.39, 0.29) is 11.8 Å². The lowest BCUT2D eigenvalue weighted by molar-refractivity contribution is 0.0696. The van der Waals surface area contributed by atoms with Crippen molar-refractivity contribution in [3.63, 3.8) is 0 Å². The van der Waals surface area contributed by atoms with E-state index in [1.165, 1.54) is 0 Å². The van der Waals surface area contributed by atoms with Crippen molar-refractivity contribution in [2.45, 2.75) is 6.92 Å². The SMILES string of the molecule is Cc1cc2c(cc1-c1csc(C(=O)O)n1)OCO2. The van der Waals surface area contributed by atoms with Crippen LogP contribution in [0.5, 0.6) is 11.5 Å². The van der Waals surface area contributed by atoms with E-state index in [1.54, 1.807) is 5.38 Å². The molecule has 0 spiro atoms. The van der Waals surface area contributed by atoms with Crippen molar-refractivity contribution in [2.24, 2.45) is 0 Å². The lowest BCUT2D eigenvalue weighted by Gasteiger charge is -2.04. The number of hydrogen-bond acceptors (Lipinski definition) is 5. The summed E-state index contributed by atoms with van der Waals surface area (Å²) < 4.78 is 10.6. The molecule has 1 aromatic carbocycles. The van der Waals surface area contributed by atoms with E-state index in [9.17, 15) is 4.79 Å². The lowest BCUT2D eigenvalue weighted by Crippen LogP contribution is -1.94. The van der Waals surface area contributed by atoms with Gasteiger partial charge in [-0.3, -0.25) is 0 Å². The molecule has 2 heterocycles. The topological polar surface area (TPSA) is 68.7 Å². The molecule has 2 aromatic rings. The van der Waals surface area contributed by atoms with Crippen LogP contribution in [0.4, 0.5) is 0 Å². The van der Waals surface area contributed by atoms with Crippen LogP contribution in [0.15, 0.2) is 17.5 Å². The zero-order valence-corrected chi connectivity index (χ0v) is 10.3. The fourth-order valence-corrected chi connectivity index (χ4v) is 2.47. The molecule has 0 amide bonds. The molecule has 0 saturated carbocycles. The van der Waals surface area contributed by atoms with Gasteiger partial charge in [-0.15, -0.1) is 11.3 Å². The summed E-state index contributed by atoms with van der Waals surface area (Å²) in [6.07, 6.45) is 0. The van der Waals surface area contributed by atoms with Gasteiger partial charge < -0.3 is 14.6 Å². The van der Waals surface area contributed by atoms with E-state index in [0.717, 1.165) is 22.5 Å². The number of ether oxygens (including phenoxy) is 2. The number of hydrogen-bond donors (Lipinski definition) is 1. The van der Waals surface area contributed by atoms with Gasteiger partial charge >= 0.3 is 5.97 Å². The molecule has 6 heteroatoms. The van der Waals surface area contributed by atoms with Crippen molar-refractivity contribution >= 4 is 17.3 Å². The van der Waals surface area contributed by atoms with Gasteiger partial charge in [-0.2, -0.15) is 0 Å². The minimum Gasteiger partial charge on any atom is -0.476 e. The van der Waals surface area contributed by atoms with E-state index in [1.807, 2.05) is 19.1 Å². The van der Waals surface area contributed by atoms with Crippen LogP contribution in [0.25, 0.3) is 11.3 Å². The number of carboxylic acids is 1. The first-order chi connectivity index (χ1) is 8.65. The van der Waals surface area contributed by atoms with Gasteiger partial charge in [0.2, 0.25) is 11.8 Å². The number of aromatic nitrogens is 1. The van der Waals surface area contributed by atoms with Crippen LogP contribution in [0.3, 0.4) is 0 Å². The van der Waals surface area contributed by atoms with Crippen molar-refractivity contribution in [2.75, 3.05) is 6.79 Å². The fourth-order valence-electron chi connectivity index (χ4n) is 1.82. The van der Waals surface area contributed by atoms with Crippen molar-refractivity contribution in [1.29, 1.82) is 0 Å². The van der Waals surface area contributed by atoms with Gasteiger partial charge in [0.15, 0.2) is 11.5 Å². The Morgan fingerprint density at radius 3 is 2.78 bits per heavy atom. The number of carbonyl (C=O) groups is 1. The average molecular weight is 263 g/mol. The summed E-state index contributed by atoms with van der Waals surface area (Å²) in [5.41, 5.74) is 2.48. The molecular formula is C12H9NO4S. The molecule has 3 rings (SSSR count). The summed E-state index contributed by atoms with van der Waals surface area (Å²) in [5, 5.41) is 10.7. The minimum atomic E-state index is -1.01. The van der Waals surface area contributed by atoms with Crippen LogP contribution < -0.4 is 9.47 Å². The molecule has 0 saturated heterocycles. The number of aryl methyl sites for hydroxylation is 1. The third-order valence-electron chi connectivity index (χ3n) is 2.68. The standard InChI is InChI=1S/C12H9NO4S/c1-6-2-9-10(17-5-16-9)3-7(6)8-4-18-11(13-8)12(14)15/h2-4H,5H2,1H3,(H,14,15). The Kier molecular flexibility index (Phi) is 2.45. The maximum Gasteiger partial charge on any atom is 0.365 e. The number of nitrogens with zero attached hydrogens (tertiary/aromatic N) is 1. The van der Waals surface area contributed by atoms with Crippen LogP contribution in [-0.2, 0) is 0 Å². The summed E-state index contributed by atoms with van der Waals surface area (Å²) in [6.45, 7) is 2.15. The molecule has 1 aliphatic rings. The monoisotopic (exact) mass is 263 g/mol. The zero-order valence-electron chi connectivity index (χ0n) is 9.47. The maximum atomic E-state index is 10.8. The normalized spacial score (nSPS) is 12.7. The molecule has 0 atom stereocenters. The Morgan fingerprint density at radius 1 is 1.39 bits per heavy atom. The third-order valence-corrected chi connectivity index (χ3v) is 3.51. The van der Waals surface area contributed by atoms with Crippen molar-refractivity contribution < 1.29 is 19.4 Å². The summed E-state index contributed by atoms with van der Waals surface area (Å²) in [5.74, 6) is 0.370. The molecule has 0 radical (unpaired) electrons. The first-order valence-electron chi connectivity index (χ1n) is 5.24. The highest BCUT2D eigenvalue weighted by Gasteiger charge is 2.18. The largest absolute Gasteiger partial charge is 0.476 e. The lowest BCUT2D eigenvalue weighted by atomic mass is 10.1. The second-order valence-corrected chi connectivity index (χ2v) is 4.72. The van der Waals surface area contributed by atoms with E-state index in [0.29, 0.717) is 17.2 Å².